The van der Waals surface area contributed by atoms with Crippen LogP contribution in [-0.2, 0) is 3.07 Å². The summed E-state index contributed by atoms with van der Waals surface area (Å²) in [4.78, 5) is 12.5. The average Bonchev–Trinajstić information content (AvgIpc) is 2.67. The van der Waals surface area contributed by atoms with Gasteiger partial charge in [0.1, 0.15) is 0 Å². The number of benzene rings is 2. The molecular formula is C20H26N2O3Sn. The SMILES string of the molecule is C[CH2][Sn]([CH2]C)([CH2]C)[O]C(=O)c1ccc(N=Nc2cc(C)ccc2O)cc1. The second-order valence-electron chi connectivity index (χ2n) is 6.37. The number of aryl methyl sites for hydroxylation is 1. The van der Waals surface area contributed by atoms with Crippen LogP contribution in [0.5, 0.6) is 5.75 Å². The summed E-state index contributed by atoms with van der Waals surface area (Å²) in [6, 6.07) is 12.0. The van der Waals surface area contributed by atoms with Gasteiger partial charge in [-0.25, -0.2) is 0 Å². The monoisotopic (exact) mass is 462 g/mol. The van der Waals surface area contributed by atoms with Crippen LogP contribution in [0.2, 0.25) is 13.3 Å². The Balaban J connectivity index is 2.11. The number of nitrogens with zero attached hydrogens (tertiary/aromatic N) is 2. The van der Waals surface area contributed by atoms with Crippen molar-refractivity contribution in [2.45, 2.75) is 41.0 Å². The molecule has 138 valence electrons. The number of aromatic hydroxyl groups is 1. The standard InChI is InChI=1S/C14H12N2O3.3C2H5.Sn/c1-9-2-7-13(17)12(8-9)16-15-11-5-3-10(4-6-11)14(18)19;3*1-2;/h2-8,17H,1H3,(H,18,19);3*1H2,2H3;/q;;;;+1/p-1. The first-order chi connectivity index (χ1) is 12.4. The van der Waals surface area contributed by atoms with E-state index in [4.69, 9.17) is 3.07 Å². The molecule has 0 unspecified atom stereocenters. The van der Waals surface area contributed by atoms with Gasteiger partial charge in [0.25, 0.3) is 0 Å². The van der Waals surface area contributed by atoms with Crippen LogP contribution in [0.25, 0.3) is 0 Å². The summed E-state index contributed by atoms with van der Waals surface area (Å²) < 4.78 is 8.95. The van der Waals surface area contributed by atoms with Crippen LogP contribution in [0.4, 0.5) is 11.4 Å². The first kappa shape index (κ1) is 20.4. The van der Waals surface area contributed by atoms with E-state index >= 15 is 0 Å². The Hall–Kier alpha value is -1.89. The van der Waals surface area contributed by atoms with E-state index in [2.05, 4.69) is 31.0 Å². The number of phenols is 1. The summed E-state index contributed by atoms with van der Waals surface area (Å²) >= 11 is -2.77. The van der Waals surface area contributed by atoms with Gasteiger partial charge in [-0.15, -0.1) is 0 Å². The Morgan fingerprint density at radius 1 is 1.00 bits per heavy atom. The van der Waals surface area contributed by atoms with Gasteiger partial charge in [-0.2, -0.15) is 0 Å². The number of hydrogen-bond acceptors (Lipinski definition) is 5. The third-order valence-corrected chi connectivity index (χ3v) is 17.5. The van der Waals surface area contributed by atoms with Crippen molar-refractivity contribution in [2.24, 2.45) is 10.2 Å². The van der Waals surface area contributed by atoms with Crippen molar-refractivity contribution >= 4 is 36.1 Å². The minimum absolute atomic E-state index is 0.0853. The molecule has 0 aliphatic rings. The molecule has 0 bridgehead atoms. The third-order valence-electron chi connectivity index (χ3n) is 4.75. The van der Waals surface area contributed by atoms with E-state index in [1.165, 1.54) is 0 Å². The number of hydrogen-bond donors (Lipinski definition) is 1. The van der Waals surface area contributed by atoms with Crippen LogP contribution < -0.4 is 0 Å². The van der Waals surface area contributed by atoms with E-state index < -0.39 is 18.8 Å². The Labute approximate surface area is 159 Å². The average molecular weight is 461 g/mol. The van der Waals surface area contributed by atoms with Crippen LogP contribution in [0, 0.1) is 6.92 Å². The van der Waals surface area contributed by atoms with Gasteiger partial charge in [-0.3, -0.25) is 0 Å². The maximum absolute atomic E-state index is 12.5. The van der Waals surface area contributed by atoms with Crippen LogP contribution in [0.3, 0.4) is 0 Å². The van der Waals surface area contributed by atoms with Crippen molar-refractivity contribution in [2.75, 3.05) is 0 Å². The van der Waals surface area contributed by atoms with Crippen LogP contribution in [-0.4, -0.2) is 29.9 Å². The van der Waals surface area contributed by atoms with Gasteiger partial charge >= 0.3 is 160 Å². The molecule has 2 rings (SSSR count). The van der Waals surface area contributed by atoms with Crippen molar-refractivity contribution in [3.05, 3.63) is 53.6 Å². The number of rotatable bonds is 7. The Kier molecular flexibility index (Phi) is 7.20. The number of phenolic OH excluding ortho intramolecular Hbond substituents is 1. The Morgan fingerprint density at radius 3 is 2.19 bits per heavy atom. The molecule has 0 aromatic heterocycles. The van der Waals surface area contributed by atoms with Gasteiger partial charge in [-0.05, 0) is 0 Å². The van der Waals surface area contributed by atoms with E-state index in [1.807, 2.05) is 13.0 Å². The van der Waals surface area contributed by atoms with Gasteiger partial charge in [0.2, 0.25) is 0 Å². The second kappa shape index (κ2) is 9.16. The minimum atomic E-state index is -2.77. The van der Waals surface area contributed by atoms with Crippen LogP contribution in [0.1, 0.15) is 36.7 Å². The molecule has 0 fully saturated rings. The van der Waals surface area contributed by atoms with Crippen molar-refractivity contribution in [1.82, 2.24) is 0 Å². The summed E-state index contributed by atoms with van der Waals surface area (Å²) in [5.74, 6) is -0.145. The molecule has 0 spiro atoms. The number of carbonyl (C=O) groups is 1. The Morgan fingerprint density at radius 2 is 1.62 bits per heavy atom. The molecule has 0 radical (unpaired) electrons. The normalized spacial score (nSPS) is 11.7. The summed E-state index contributed by atoms with van der Waals surface area (Å²) in [5.41, 5.74) is 2.56. The van der Waals surface area contributed by atoms with E-state index in [-0.39, 0.29) is 11.7 Å². The summed E-state index contributed by atoms with van der Waals surface area (Å²) in [6.45, 7) is 8.30. The van der Waals surface area contributed by atoms with Gasteiger partial charge < -0.3 is 0 Å². The van der Waals surface area contributed by atoms with E-state index in [1.54, 1.807) is 36.4 Å². The van der Waals surface area contributed by atoms with E-state index in [0.29, 0.717) is 16.9 Å². The molecule has 5 nitrogen and oxygen atoms in total. The molecule has 0 atom stereocenters. The van der Waals surface area contributed by atoms with Crippen LogP contribution >= 0.6 is 0 Å². The molecule has 0 saturated heterocycles. The second-order valence-corrected chi connectivity index (χ2v) is 19.8. The van der Waals surface area contributed by atoms with Gasteiger partial charge in [0, 0.05) is 0 Å². The quantitative estimate of drug-likeness (QED) is 0.390. The third kappa shape index (κ3) is 5.06. The van der Waals surface area contributed by atoms with Crippen molar-refractivity contribution < 1.29 is 13.0 Å². The first-order valence-electron chi connectivity index (χ1n) is 8.97. The maximum atomic E-state index is 12.5. The molecule has 0 aliphatic heterocycles. The van der Waals surface area contributed by atoms with E-state index in [0.717, 1.165) is 18.9 Å². The zero-order valence-electron chi connectivity index (χ0n) is 15.8. The molecule has 0 amide bonds. The Bertz CT molecular complexity index is 776. The summed E-state index contributed by atoms with van der Waals surface area (Å²) in [5, 5.41) is 18.0. The van der Waals surface area contributed by atoms with Crippen molar-refractivity contribution in [3.63, 3.8) is 0 Å². The zero-order chi connectivity index (χ0) is 19.2. The molecule has 1 N–H and O–H groups in total. The van der Waals surface area contributed by atoms with Gasteiger partial charge in [0.05, 0.1) is 0 Å². The van der Waals surface area contributed by atoms with E-state index in [9.17, 15) is 9.90 Å². The van der Waals surface area contributed by atoms with Crippen molar-refractivity contribution in [3.8, 4) is 5.75 Å². The summed E-state index contributed by atoms with van der Waals surface area (Å²) in [7, 11) is 0. The fraction of sp³-hybridized carbons (Fsp3) is 0.350. The first-order valence-corrected chi connectivity index (χ1v) is 16.2. The molecular weight excluding hydrogens is 435 g/mol. The summed E-state index contributed by atoms with van der Waals surface area (Å²) in [6.07, 6.45) is 0. The van der Waals surface area contributed by atoms with Crippen molar-refractivity contribution in [1.29, 1.82) is 0 Å². The molecule has 6 heteroatoms. The molecule has 2 aromatic rings. The predicted molar refractivity (Wildman–Crippen MR) is 106 cm³/mol. The predicted octanol–water partition coefficient (Wildman–Crippen LogP) is 6.28. The van der Waals surface area contributed by atoms with Gasteiger partial charge in [-0.1, -0.05) is 0 Å². The molecule has 0 heterocycles. The molecule has 2 aromatic carbocycles. The molecule has 26 heavy (non-hydrogen) atoms. The number of carbonyl (C=O) groups excluding carboxylic acids is 1. The molecule has 0 aliphatic carbocycles. The fourth-order valence-electron chi connectivity index (χ4n) is 2.71. The zero-order valence-corrected chi connectivity index (χ0v) is 18.7. The topological polar surface area (TPSA) is 71.2 Å². The molecule has 0 saturated carbocycles. The van der Waals surface area contributed by atoms with Crippen LogP contribution in [0.15, 0.2) is 52.7 Å². The fourth-order valence-corrected chi connectivity index (χ4v) is 9.69. The number of azo groups is 1. The van der Waals surface area contributed by atoms with Gasteiger partial charge in [0.15, 0.2) is 0 Å².